The molecular weight excluding hydrogens is 280 g/mol. The Balaban J connectivity index is 2.41. The van der Waals surface area contributed by atoms with Gasteiger partial charge in [0.15, 0.2) is 0 Å². The maximum absolute atomic E-state index is 11.4. The average Bonchev–Trinajstić information content (AvgIpc) is 2.91. The molecule has 0 aromatic heterocycles. The molecule has 0 radical (unpaired) electrons. The summed E-state index contributed by atoms with van der Waals surface area (Å²) in [5.74, 6) is -0.677. The fourth-order valence-corrected chi connectivity index (χ4v) is 2.44. The normalized spacial score (nSPS) is 21.3. The molecule has 1 fully saturated rings. The van der Waals surface area contributed by atoms with E-state index >= 15 is 0 Å². The lowest BCUT2D eigenvalue weighted by molar-refractivity contribution is -0.384. The maximum atomic E-state index is 11.4. The third kappa shape index (κ3) is 3.05. The number of nitrogens with zero attached hydrogens (tertiary/aromatic N) is 2. The first-order valence-electron chi connectivity index (χ1n) is 6.32. The molecule has 1 N–H and O–H groups in total. The molecule has 0 amide bonds. The van der Waals surface area contributed by atoms with Crippen molar-refractivity contribution in [2.45, 2.75) is 18.6 Å². The summed E-state index contributed by atoms with van der Waals surface area (Å²) in [6, 6.07) is 3.45. The Hall–Kier alpha value is -2.35. The number of nitro groups is 1. The first-order chi connectivity index (χ1) is 9.96. The lowest BCUT2D eigenvalue weighted by Gasteiger charge is -2.23. The van der Waals surface area contributed by atoms with Gasteiger partial charge in [0.05, 0.1) is 24.2 Å². The van der Waals surface area contributed by atoms with Crippen LogP contribution in [0.15, 0.2) is 18.2 Å². The number of carbonyl (C=O) groups is 1. The molecular formula is C13H16N2O6. The van der Waals surface area contributed by atoms with E-state index in [0.717, 1.165) is 0 Å². The minimum atomic E-state index is -0.986. The molecule has 1 heterocycles. The van der Waals surface area contributed by atoms with E-state index < -0.39 is 16.9 Å². The number of non-ortho nitro benzene ring substituents is 1. The summed E-state index contributed by atoms with van der Waals surface area (Å²) in [6.07, 6.45) is 0.105. The minimum Gasteiger partial charge on any atom is -0.496 e. The summed E-state index contributed by atoms with van der Waals surface area (Å²) in [6.45, 7) is 0.359. The Morgan fingerprint density at radius 1 is 1.43 bits per heavy atom. The van der Waals surface area contributed by atoms with E-state index in [0.29, 0.717) is 24.4 Å². The topological polar surface area (TPSA) is 102 Å². The first kappa shape index (κ1) is 15.0. The third-order valence-corrected chi connectivity index (χ3v) is 3.54. The van der Waals surface area contributed by atoms with Crippen molar-refractivity contribution in [1.29, 1.82) is 0 Å². The van der Waals surface area contributed by atoms with E-state index in [1.54, 1.807) is 11.0 Å². The number of anilines is 1. The summed E-state index contributed by atoms with van der Waals surface area (Å²) in [5.41, 5.74) is 0.294. The van der Waals surface area contributed by atoms with E-state index in [9.17, 15) is 20.0 Å². The van der Waals surface area contributed by atoms with E-state index in [4.69, 9.17) is 9.47 Å². The van der Waals surface area contributed by atoms with Crippen molar-refractivity contribution in [2.75, 3.05) is 25.7 Å². The standard InChI is InChI=1S/C13H16N2O6/c1-20-10-4-8(3-9(5-10)15(18)19)14-7-11(21-2)6-12(14)13(16)17/h3-5,11-12H,6-7H2,1-2H3,(H,16,17). The summed E-state index contributed by atoms with van der Waals surface area (Å²) < 4.78 is 10.3. The molecule has 2 atom stereocenters. The zero-order chi connectivity index (χ0) is 15.6. The van der Waals surface area contributed by atoms with Crippen molar-refractivity contribution in [3.63, 3.8) is 0 Å². The number of carboxylic acids is 1. The number of hydrogen-bond acceptors (Lipinski definition) is 6. The monoisotopic (exact) mass is 296 g/mol. The Labute approximate surface area is 121 Å². The van der Waals surface area contributed by atoms with Crippen LogP contribution in [0.4, 0.5) is 11.4 Å². The number of nitro benzene ring substituents is 1. The van der Waals surface area contributed by atoms with Crippen molar-refractivity contribution in [2.24, 2.45) is 0 Å². The highest BCUT2D eigenvalue weighted by molar-refractivity contribution is 5.80. The molecule has 0 saturated carbocycles. The molecule has 1 aromatic rings. The number of methoxy groups -OCH3 is 2. The zero-order valence-corrected chi connectivity index (χ0v) is 11.7. The lowest BCUT2D eigenvalue weighted by atomic mass is 10.2. The van der Waals surface area contributed by atoms with E-state index in [1.807, 2.05) is 0 Å². The highest BCUT2D eigenvalue weighted by atomic mass is 16.6. The van der Waals surface area contributed by atoms with Crippen LogP contribution in [0.1, 0.15) is 6.42 Å². The number of benzene rings is 1. The highest BCUT2D eigenvalue weighted by Gasteiger charge is 2.37. The van der Waals surface area contributed by atoms with Crippen molar-refractivity contribution in [1.82, 2.24) is 0 Å². The van der Waals surface area contributed by atoms with Gasteiger partial charge in [-0.05, 0) is 0 Å². The van der Waals surface area contributed by atoms with Crippen molar-refractivity contribution in [3.05, 3.63) is 28.3 Å². The highest BCUT2D eigenvalue weighted by Crippen LogP contribution is 2.33. The second-order valence-corrected chi connectivity index (χ2v) is 4.75. The summed E-state index contributed by atoms with van der Waals surface area (Å²) in [5, 5.41) is 20.3. The summed E-state index contributed by atoms with van der Waals surface area (Å²) >= 11 is 0. The van der Waals surface area contributed by atoms with Gasteiger partial charge in [0.1, 0.15) is 11.8 Å². The second kappa shape index (κ2) is 5.96. The van der Waals surface area contributed by atoms with Gasteiger partial charge >= 0.3 is 5.97 Å². The van der Waals surface area contributed by atoms with Crippen molar-refractivity contribution < 1.29 is 24.3 Å². The molecule has 0 bridgehead atoms. The fourth-order valence-electron chi connectivity index (χ4n) is 2.44. The molecule has 21 heavy (non-hydrogen) atoms. The van der Waals surface area contributed by atoms with E-state index in [2.05, 4.69) is 0 Å². The molecule has 114 valence electrons. The summed E-state index contributed by atoms with van der Waals surface area (Å²) in [4.78, 5) is 23.4. The Morgan fingerprint density at radius 3 is 2.67 bits per heavy atom. The smallest absolute Gasteiger partial charge is 0.326 e. The molecule has 0 spiro atoms. The van der Waals surface area contributed by atoms with Gasteiger partial charge in [-0.1, -0.05) is 0 Å². The first-order valence-corrected chi connectivity index (χ1v) is 6.32. The quantitative estimate of drug-likeness (QED) is 0.645. The molecule has 0 aliphatic carbocycles. The van der Waals surface area contributed by atoms with Crippen LogP contribution in [0.2, 0.25) is 0 Å². The third-order valence-electron chi connectivity index (χ3n) is 3.54. The van der Waals surface area contributed by atoms with Gasteiger partial charge in [0.25, 0.3) is 5.69 Å². The number of hydrogen-bond donors (Lipinski definition) is 1. The number of aliphatic carboxylic acids is 1. The van der Waals surface area contributed by atoms with Crippen molar-refractivity contribution in [3.8, 4) is 5.75 Å². The molecule has 1 aromatic carbocycles. The Bertz CT molecular complexity index is 562. The molecule has 1 aliphatic heterocycles. The molecule has 2 rings (SSSR count). The van der Waals surface area contributed by atoms with Crippen LogP contribution in [0.3, 0.4) is 0 Å². The predicted octanol–water partition coefficient (Wildman–Crippen LogP) is 1.28. The Morgan fingerprint density at radius 2 is 2.14 bits per heavy atom. The largest absolute Gasteiger partial charge is 0.496 e. The number of ether oxygens (including phenoxy) is 2. The van der Waals surface area contributed by atoms with Gasteiger partial charge in [-0.25, -0.2) is 4.79 Å². The zero-order valence-electron chi connectivity index (χ0n) is 11.7. The van der Waals surface area contributed by atoms with Crippen LogP contribution < -0.4 is 9.64 Å². The average molecular weight is 296 g/mol. The van der Waals surface area contributed by atoms with Crippen molar-refractivity contribution >= 4 is 17.3 Å². The Kier molecular flexibility index (Phi) is 4.27. The van der Waals surface area contributed by atoms with Crippen LogP contribution in [0, 0.1) is 10.1 Å². The number of rotatable bonds is 5. The van der Waals surface area contributed by atoms with Crippen LogP contribution >= 0.6 is 0 Å². The lowest BCUT2D eigenvalue weighted by Crippen LogP contribution is -2.36. The van der Waals surface area contributed by atoms with Gasteiger partial charge in [0.2, 0.25) is 0 Å². The fraction of sp³-hybridized carbons (Fsp3) is 0.462. The van der Waals surface area contributed by atoms with Gasteiger partial charge in [-0.2, -0.15) is 0 Å². The van der Waals surface area contributed by atoms with Gasteiger partial charge in [-0.3, -0.25) is 10.1 Å². The van der Waals surface area contributed by atoms with Crippen LogP contribution in [0.5, 0.6) is 5.75 Å². The minimum absolute atomic E-state index is 0.144. The SMILES string of the molecule is COc1cc(N2CC(OC)CC2C(=O)O)cc([N+](=O)[O-])c1. The predicted molar refractivity (Wildman–Crippen MR) is 73.8 cm³/mol. The maximum Gasteiger partial charge on any atom is 0.326 e. The summed E-state index contributed by atoms with van der Waals surface area (Å²) in [7, 11) is 2.92. The van der Waals surface area contributed by atoms with Gasteiger partial charge in [0, 0.05) is 37.9 Å². The van der Waals surface area contributed by atoms with Crippen LogP contribution in [-0.2, 0) is 9.53 Å². The molecule has 1 saturated heterocycles. The van der Waals surface area contributed by atoms with Gasteiger partial charge in [-0.15, -0.1) is 0 Å². The van der Waals surface area contributed by atoms with E-state index in [1.165, 1.54) is 26.4 Å². The molecule has 1 aliphatic rings. The second-order valence-electron chi connectivity index (χ2n) is 4.75. The van der Waals surface area contributed by atoms with Crippen LogP contribution in [0.25, 0.3) is 0 Å². The molecule has 2 unspecified atom stereocenters. The molecule has 8 nitrogen and oxygen atoms in total. The van der Waals surface area contributed by atoms with Gasteiger partial charge < -0.3 is 19.5 Å². The van der Waals surface area contributed by atoms with E-state index in [-0.39, 0.29) is 11.8 Å². The molecule has 8 heteroatoms. The number of carboxylic acid groups (broad SMARTS) is 1. The van der Waals surface area contributed by atoms with Crippen LogP contribution in [-0.4, -0.2) is 48.9 Å².